The largest absolute Gasteiger partial charge is 0.493 e. The number of nitrogens with one attached hydrogen (secondary N) is 2. The molecule has 0 radical (unpaired) electrons. The summed E-state index contributed by atoms with van der Waals surface area (Å²) in [6.07, 6.45) is 3.47. The third-order valence-electron chi connectivity index (χ3n) is 5.11. The molecule has 2 amide bonds. The van der Waals surface area contributed by atoms with Gasteiger partial charge in [0.25, 0.3) is 0 Å². The highest BCUT2D eigenvalue weighted by Gasteiger charge is 2.20. The predicted octanol–water partition coefficient (Wildman–Crippen LogP) is 3.65. The SMILES string of the molecule is CCOc1ccc(CNC(=O)NCCCCN2CC(C)CC(C)C2)cc1OC. The van der Waals surface area contributed by atoms with Crippen LogP contribution in [0.5, 0.6) is 11.5 Å². The van der Waals surface area contributed by atoms with E-state index in [2.05, 4.69) is 29.4 Å². The van der Waals surface area contributed by atoms with Gasteiger partial charge >= 0.3 is 6.03 Å². The Balaban J connectivity index is 1.61. The van der Waals surface area contributed by atoms with Crippen LogP contribution in [0.25, 0.3) is 0 Å². The van der Waals surface area contributed by atoms with Crippen LogP contribution >= 0.6 is 0 Å². The molecule has 6 heteroatoms. The number of ether oxygens (including phenoxy) is 2. The van der Waals surface area contributed by atoms with E-state index < -0.39 is 0 Å². The number of methoxy groups -OCH3 is 1. The number of carbonyl (C=O) groups excluding carboxylic acids is 1. The van der Waals surface area contributed by atoms with Gasteiger partial charge in [-0.05, 0) is 62.3 Å². The van der Waals surface area contributed by atoms with Crippen molar-refractivity contribution < 1.29 is 14.3 Å². The van der Waals surface area contributed by atoms with Gasteiger partial charge in [0, 0.05) is 26.2 Å². The molecule has 28 heavy (non-hydrogen) atoms. The lowest BCUT2D eigenvalue weighted by Crippen LogP contribution is -2.39. The maximum Gasteiger partial charge on any atom is 0.315 e. The zero-order chi connectivity index (χ0) is 20.4. The summed E-state index contributed by atoms with van der Waals surface area (Å²) in [6.45, 7) is 11.9. The molecular weight excluding hydrogens is 354 g/mol. The second-order valence-corrected chi connectivity index (χ2v) is 7.94. The van der Waals surface area contributed by atoms with E-state index >= 15 is 0 Å². The van der Waals surface area contributed by atoms with Crippen molar-refractivity contribution in [2.45, 2.75) is 46.6 Å². The molecule has 0 bridgehead atoms. The Bertz CT molecular complexity index is 599. The lowest BCUT2D eigenvalue weighted by molar-refractivity contribution is 0.139. The predicted molar refractivity (Wildman–Crippen MR) is 113 cm³/mol. The Kier molecular flexibility index (Phi) is 9.41. The first kappa shape index (κ1) is 22.3. The van der Waals surface area contributed by atoms with Crippen molar-refractivity contribution >= 4 is 6.03 Å². The van der Waals surface area contributed by atoms with Crippen LogP contribution in [0.15, 0.2) is 18.2 Å². The van der Waals surface area contributed by atoms with Crippen molar-refractivity contribution in [1.29, 1.82) is 0 Å². The van der Waals surface area contributed by atoms with E-state index in [-0.39, 0.29) is 6.03 Å². The van der Waals surface area contributed by atoms with Gasteiger partial charge in [-0.2, -0.15) is 0 Å². The van der Waals surface area contributed by atoms with Crippen molar-refractivity contribution in [3.05, 3.63) is 23.8 Å². The average Bonchev–Trinajstić information content (AvgIpc) is 2.66. The Morgan fingerprint density at radius 3 is 2.57 bits per heavy atom. The van der Waals surface area contributed by atoms with Gasteiger partial charge in [-0.3, -0.25) is 0 Å². The van der Waals surface area contributed by atoms with Crippen molar-refractivity contribution in [2.75, 3.05) is 39.9 Å². The summed E-state index contributed by atoms with van der Waals surface area (Å²) < 4.78 is 10.9. The minimum Gasteiger partial charge on any atom is -0.493 e. The van der Waals surface area contributed by atoms with E-state index in [0.717, 1.165) is 42.5 Å². The summed E-state index contributed by atoms with van der Waals surface area (Å²) in [5, 5.41) is 5.84. The molecule has 1 heterocycles. The Morgan fingerprint density at radius 1 is 1.14 bits per heavy atom. The van der Waals surface area contributed by atoms with Gasteiger partial charge in [0.1, 0.15) is 0 Å². The molecule has 1 aromatic rings. The number of hydrogen-bond donors (Lipinski definition) is 2. The van der Waals surface area contributed by atoms with Crippen LogP contribution in [-0.4, -0.2) is 50.8 Å². The molecule has 0 saturated carbocycles. The highest BCUT2D eigenvalue weighted by atomic mass is 16.5. The Labute approximate surface area is 170 Å². The normalized spacial score (nSPS) is 19.9. The van der Waals surface area contributed by atoms with Crippen LogP contribution in [0.4, 0.5) is 4.79 Å². The fourth-order valence-electron chi connectivity index (χ4n) is 3.98. The Morgan fingerprint density at radius 2 is 1.89 bits per heavy atom. The number of benzene rings is 1. The molecule has 1 aliphatic heterocycles. The molecular formula is C22H37N3O3. The summed E-state index contributed by atoms with van der Waals surface area (Å²) in [4.78, 5) is 14.6. The Hall–Kier alpha value is -1.95. The molecule has 2 atom stereocenters. The fraction of sp³-hybridized carbons (Fsp3) is 0.682. The third-order valence-corrected chi connectivity index (χ3v) is 5.11. The van der Waals surface area contributed by atoms with Crippen LogP contribution in [0, 0.1) is 11.8 Å². The summed E-state index contributed by atoms with van der Waals surface area (Å²) in [6, 6.07) is 5.58. The minimum atomic E-state index is -0.131. The number of piperidine rings is 1. The molecule has 158 valence electrons. The van der Waals surface area contributed by atoms with Crippen molar-refractivity contribution in [3.63, 3.8) is 0 Å². The van der Waals surface area contributed by atoms with Gasteiger partial charge in [0.2, 0.25) is 0 Å². The number of urea groups is 1. The van der Waals surface area contributed by atoms with Crippen molar-refractivity contribution in [2.24, 2.45) is 11.8 Å². The smallest absolute Gasteiger partial charge is 0.315 e. The fourth-order valence-corrected chi connectivity index (χ4v) is 3.98. The number of amides is 2. The first-order valence-electron chi connectivity index (χ1n) is 10.6. The van der Waals surface area contributed by atoms with E-state index in [1.54, 1.807) is 7.11 Å². The van der Waals surface area contributed by atoms with Crippen LogP contribution in [0.1, 0.15) is 45.6 Å². The standard InChI is InChI=1S/C22H37N3O3/c1-5-28-20-9-8-19(13-21(20)27-4)14-24-22(26)23-10-6-7-11-25-15-17(2)12-18(3)16-25/h8-9,13,17-18H,5-7,10-12,14-16H2,1-4H3,(H2,23,24,26). The minimum absolute atomic E-state index is 0.131. The number of likely N-dealkylation sites (tertiary alicyclic amines) is 1. The van der Waals surface area contributed by atoms with Gasteiger partial charge < -0.3 is 25.0 Å². The van der Waals surface area contributed by atoms with Crippen LogP contribution in [-0.2, 0) is 6.54 Å². The topological polar surface area (TPSA) is 62.8 Å². The van der Waals surface area contributed by atoms with E-state index in [9.17, 15) is 4.79 Å². The van der Waals surface area contributed by atoms with Gasteiger partial charge in [-0.25, -0.2) is 4.79 Å². The van der Waals surface area contributed by atoms with Gasteiger partial charge in [-0.1, -0.05) is 19.9 Å². The van der Waals surface area contributed by atoms with Gasteiger partial charge in [0.15, 0.2) is 11.5 Å². The molecule has 0 aromatic heterocycles. The zero-order valence-corrected chi connectivity index (χ0v) is 17.9. The van der Waals surface area contributed by atoms with E-state index in [1.807, 2.05) is 25.1 Å². The average molecular weight is 392 g/mol. The summed E-state index contributed by atoms with van der Waals surface area (Å²) in [7, 11) is 1.62. The van der Waals surface area contributed by atoms with Crippen LogP contribution < -0.4 is 20.1 Å². The number of carbonyl (C=O) groups is 1. The number of rotatable bonds is 10. The van der Waals surface area contributed by atoms with Gasteiger partial charge in [0.05, 0.1) is 13.7 Å². The van der Waals surface area contributed by atoms with Crippen LogP contribution in [0.3, 0.4) is 0 Å². The summed E-state index contributed by atoms with van der Waals surface area (Å²) in [5.41, 5.74) is 0.976. The second kappa shape index (κ2) is 11.8. The van der Waals surface area contributed by atoms with E-state index in [4.69, 9.17) is 9.47 Å². The third kappa shape index (κ3) is 7.58. The molecule has 1 saturated heterocycles. The second-order valence-electron chi connectivity index (χ2n) is 7.94. The first-order valence-corrected chi connectivity index (χ1v) is 10.6. The van der Waals surface area contributed by atoms with E-state index in [0.29, 0.717) is 25.4 Å². The van der Waals surface area contributed by atoms with Gasteiger partial charge in [-0.15, -0.1) is 0 Å². The summed E-state index contributed by atoms with van der Waals surface area (Å²) in [5.74, 6) is 3.00. The highest BCUT2D eigenvalue weighted by molar-refractivity contribution is 5.73. The molecule has 6 nitrogen and oxygen atoms in total. The van der Waals surface area contributed by atoms with Crippen LogP contribution in [0.2, 0.25) is 0 Å². The molecule has 2 N–H and O–H groups in total. The lowest BCUT2D eigenvalue weighted by Gasteiger charge is -2.34. The highest BCUT2D eigenvalue weighted by Crippen LogP contribution is 2.28. The zero-order valence-electron chi connectivity index (χ0n) is 17.9. The lowest BCUT2D eigenvalue weighted by atomic mass is 9.92. The maximum absolute atomic E-state index is 12.0. The molecule has 1 aliphatic rings. The summed E-state index contributed by atoms with van der Waals surface area (Å²) >= 11 is 0. The number of nitrogens with zero attached hydrogens (tertiary/aromatic N) is 1. The molecule has 1 aromatic carbocycles. The molecule has 0 aliphatic carbocycles. The molecule has 1 fully saturated rings. The van der Waals surface area contributed by atoms with Crippen molar-refractivity contribution in [1.82, 2.24) is 15.5 Å². The maximum atomic E-state index is 12.0. The molecule has 0 spiro atoms. The quantitative estimate of drug-likeness (QED) is 0.598. The molecule has 2 rings (SSSR count). The first-order chi connectivity index (χ1) is 13.5. The number of hydrogen-bond acceptors (Lipinski definition) is 4. The van der Waals surface area contributed by atoms with Crippen molar-refractivity contribution in [3.8, 4) is 11.5 Å². The monoisotopic (exact) mass is 391 g/mol. The molecule has 2 unspecified atom stereocenters. The van der Waals surface area contributed by atoms with E-state index in [1.165, 1.54) is 19.5 Å². The number of unbranched alkanes of at least 4 members (excludes halogenated alkanes) is 1.